The fourth-order valence-electron chi connectivity index (χ4n) is 3.14. The van der Waals surface area contributed by atoms with Gasteiger partial charge in [0, 0.05) is 26.2 Å². The fraction of sp³-hybridized carbons (Fsp3) is 0.368. The zero-order chi connectivity index (χ0) is 19.5. The molecule has 4 rings (SSSR count). The van der Waals surface area contributed by atoms with Gasteiger partial charge in [0.05, 0.1) is 26.6 Å². The van der Waals surface area contributed by atoms with E-state index in [0.717, 1.165) is 47.8 Å². The molecule has 1 aliphatic heterocycles. The molecule has 0 saturated carbocycles. The Hall–Kier alpha value is -1.39. The van der Waals surface area contributed by atoms with Gasteiger partial charge in [0.25, 0.3) is 5.91 Å². The van der Waals surface area contributed by atoms with Crippen molar-refractivity contribution in [3.8, 4) is 0 Å². The van der Waals surface area contributed by atoms with Crippen molar-refractivity contribution in [1.29, 1.82) is 0 Å². The van der Waals surface area contributed by atoms with Crippen LogP contribution in [-0.4, -0.2) is 55.2 Å². The Bertz CT molecular complexity index is 971. The van der Waals surface area contributed by atoms with Crippen molar-refractivity contribution < 1.29 is 13.9 Å². The molecule has 0 aliphatic carbocycles. The van der Waals surface area contributed by atoms with Crippen LogP contribution in [0, 0.1) is 5.82 Å². The predicted octanol–water partition coefficient (Wildman–Crippen LogP) is 4.63. The highest BCUT2D eigenvalue weighted by Gasteiger charge is 2.23. The molecule has 0 bridgehead atoms. The summed E-state index contributed by atoms with van der Waals surface area (Å²) < 4.78 is 21.1. The van der Waals surface area contributed by atoms with Gasteiger partial charge in [0.15, 0.2) is 5.13 Å². The minimum atomic E-state index is -0.361. The molecule has 1 aliphatic rings. The Morgan fingerprint density at radius 1 is 1.25 bits per heavy atom. The number of carbonyl (C=O) groups is 1. The van der Waals surface area contributed by atoms with E-state index in [-0.39, 0.29) is 11.7 Å². The zero-order valence-electron chi connectivity index (χ0n) is 15.1. The van der Waals surface area contributed by atoms with Crippen LogP contribution in [0.3, 0.4) is 0 Å². The Balaban J connectivity index is 1.56. The summed E-state index contributed by atoms with van der Waals surface area (Å²) in [5.41, 5.74) is 0.320. The highest BCUT2D eigenvalue weighted by molar-refractivity contribution is 9.11. The zero-order valence-corrected chi connectivity index (χ0v) is 18.3. The smallest absolute Gasteiger partial charge is 0.270 e. The number of fused-ring (bicyclic) bond motifs is 1. The van der Waals surface area contributed by atoms with E-state index in [2.05, 4.69) is 25.8 Å². The monoisotopic (exact) mass is 483 g/mol. The Morgan fingerprint density at radius 3 is 2.79 bits per heavy atom. The largest absolute Gasteiger partial charge is 0.379 e. The number of ether oxygens (including phenoxy) is 1. The van der Waals surface area contributed by atoms with E-state index in [0.29, 0.717) is 22.1 Å². The SMILES string of the molecule is O=C(c1ccc(Br)s1)N(CCCN1CCOCC1)c1nc2c(F)cccc2s1. The molecule has 3 aromatic rings. The fourth-order valence-corrected chi connectivity index (χ4v) is 5.48. The lowest BCUT2D eigenvalue weighted by molar-refractivity contribution is 0.0376. The van der Waals surface area contributed by atoms with Crippen LogP contribution >= 0.6 is 38.6 Å². The van der Waals surface area contributed by atoms with Crippen LogP contribution in [0.4, 0.5) is 9.52 Å². The van der Waals surface area contributed by atoms with Gasteiger partial charge in [0.1, 0.15) is 11.3 Å². The van der Waals surface area contributed by atoms with Gasteiger partial charge in [-0.1, -0.05) is 17.4 Å². The summed E-state index contributed by atoms with van der Waals surface area (Å²) in [6.07, 6.45) is 0.816. The molecule has 2 aromatic heterocycles. The number of thiazole rings is 1. The maximum Gasteiger partial charge on any atom is 0.270 e. The number of benzene rings is 1. The molecule has 1 aromatic carbocycles. The topological polar surface area (TPSA) is 45.7 Å². The highest BCUT2D eigenvalue weighted by Crippen LogP contribution is 2.32. The van der Waals surface area contributed by atoms with Crippen molar-refractivity contribution in [3.63, 3.8) is 0 Å². The molecular formula is C19H19BrFN3O2S2. The second kappa shape index (κ2) is 8.96. The van der Waals surface area contributed by atoms with Crippen molar-refractivity contribution >= 4 is 59.9 Å². The first kappa shape index (κ1) is 19.9. The lowest BCUT2D eigenvalue weighted by atomic mass is 10.3. The third-order valence-corrected chi connectivity index (χ3v) is 7.23. The lowest BCUT2D eigenvalue weighted by Crippen LogP contribution is -2.39. The van der Waals surface area contributed by atoms with E-state index >= 15 is 0 Å². The van der Waals surface area contributed by atoms with E-state index in [9.17, 15) is 9.18 Å². The summed E-state index contributed by atoms with van der Waals surface area (Å²) in [6, 6.07) is 8.56. The van der Waals surface area contributed by atoms with Crippen LogP contribution < -0.4 is 4.90 Å². The molecule has 0 N–H and O–H groups in total. The van der Waals surface area contributed by atoms with Crippen molar-refractivity contribution in [3.05, 3.63) is 44.8 Å². The van der Waals surface area contributed by atoms with Gasteiger partial charge in [-0.3, -0.25) is 14.6 Å². The van der Waals surface area contributed by atoms with Gasteiger partial charge >= 0.3 is 0 Å². The molecule has 0 atom stereocenters. The van der Waals surface area contributed by atoms with Crippen molar-refractivity contribution in [1.82, 2.24) is 9.88 Å². The van der Waals surface area contributed by atoms with Crippen LogP contribution in [0.2, 0.25) is 0 Å². The number of para-hydroxylation sites is 1. The quantitative estimate of drug-likeness (QED) is 0.512. The molecular weight excluding hydrogens is 465 g/mol. The maximum atomic E-state index is 14.1. The molecule has 9 heteroatoms. The number of thiophene rings is 1. The van der Waals surface area contributed by atoms with Crippen LogP contribution in [0.25, 0.3) is 10.2 Å². The van der Waals surface area contributed by atoms with Crippen LogP contribution in [0.1, 0.15) is 16.1 Å². The van der Waals surface area contributed by atoms with E-state index in [1.165, 1.54) is 28.7 Å². The number of amides is 1. The van der Waals surface area contributed by atoms with E-state index in [1.54, 1.807) is 17.0 Å². The van der Waals surface area contributed by atoms with E-state index in [1.807, 2.05) is 12.1 Å². The standard InChI is InChI=1S/C19H19BrFN3O2S2/c20-16-6-5-15(27-16)18(25)24(8-2-7-23-9-11-26-12-10-23)19-22-17-13(21)3-1-4-14(17)28-19/h1,3-6H,2,7-12H2. The van der Waals surface area contributed by atoms with Gasteiger partial charge in [-0.2, -0.15) is 0 Å². The average Bonchev–Trinajstić information content (AvgIpc) is 3.33. The lowest BCUT2D eigenvalue weighted by Gasteiger charge is -2.27. The molecule has 0 spiro atoms. The first-order valence-corrected chi connectivity index (χ1v) is 11.5. The number of hydrogen-bond donors (Lipinski definition) is 0. The van der Waals surface area contributed by atoms with Crippen molar-refractivity contribution in [2.24, 2.45) is 0 Å². The normalized spacial score (nSPS) is 15.2. The number of aromatic nitrogens is 1. The number of rotatable bonds is 6. The van der Waals surface area contributed by atoms with E-state index < -0.39 is 0 Å². The Labute approximate surface area is 178 Å². The first-order valence-electron chi connectivity index (χ1n) is 9.04. The summed E-state index contributed by atoms with van der Waals surface area (Å²) >= 11 is 6.16. The van der Waals surface area contributed by atoms with Crippen molar-refractivity contribution in [2.45, 2.75) is 6.42 Å². The van der Waals surface area contributed by atoms with E-state index in [4.69, 9.17) is 4.74 Å². The Morgan fingerprint density at radius 2 is 2.07 bits per heavy atom. The summed E-state index contributed by atoms with van der Waals surface area (Å²) in [4.78, 5) is 22.3. The number of nitrogens with zero attached hydrogens (tertiary/aromatic N) is 3. The van der Waals surface area contributed by atoms with Gasteiger partial charge in [0.2, 0.25) is 0 Å². The molecule has 1 saturated heterocycles. The van der Waals surface area contributed by atoms with Crippen LogP contribution in [0.5, 0.6) is 0 Å². The molecule has 1 amide bonds. The summed E-state index contributed by atoms with van der Waals surface area (Å²) in [7, 11) is 0. The highest BCUT2D eigenvalue weighted by atomic mass is 79.9. The van der Waals surface area contributed by atoms with Gasteiger partial charge in [-0.25, -0.2) is 9.37 Å². The molecule has 0 radical (unpaired) electrons. The number of anilines is 1. The number of morpholine rings is 1. The minimum absolute atomic E-state index is 0.0999. The number of carbonyl (C=O) groups excluding carboxylic acids is 1. The molecule has 1 fully saturated rings. The van der Waals surface area contributed by atoms with Crippen LogP contribution in [-0.2, 0) is 4.74 Å². The molecule has 28 heavy (non-hydrogen) atoms. The third kappa shape index (κ3) is 4.44. The third-order valence-electron chi connectivity index (χ3n) is 4.58. The summed E-state index contributed by atoms with van der Waals surface area (Å²) in [5, 5.41) is 0.539. The summed E-state index contributed by atoms with van der Waals surface area (Å²) in [5.74, 6) is -0.461. The van der Waals surface area contributed by atoms with Gasteiger partial charge in [-0.05, 0) is 46.6 Å². The molecule has 148 valence electrons. The minimum Gasteiger partial charge on any atom is -0.379 e. The molecule has 0 unspecified atom stereocenters. The van der Waals surface area contributed by atoms with Gasteiger partial charge in [-0.15, -0.1) is 11.3 Å². The summed E-state index contributed by atoms with van der Waals surface area (Å²) in [6.45, 7) is 4.76. The van der Waals surface area contributed by atoms with Crippen molar-refractivity contribution in [2.75, 3.05) is 44.3 Å². The maximum absolute atomic E-state index is 14.1. The predicted molar refractivity (Wildman–Crippen MR) is 115 cm³/mol. The van der Waals surface area contributed by atoms with Gasteiger partial charge < -0.3 is 4.74 Å². The first-order chi connectivity index (χ1) is 13.6. The molecule has 3 heterocycles. The number of halogens is 2. The average molecular weight is 484 g/mol. The second-order valence-electron chi connectivity index (χ2n) is 6.45. The number of hydrogen-bond acceptors (Lipinski definition) is 6. The Kier molecular flexibility index (Phi) is 6.37. The molecule has 5 nitrogen and oxygen atoms in total. The second-order valence-corrected chi connectivity index (χ2v) is 9.92. The van der Waals surface area contributed by atoms with Crippen LogP contribution in [0.15, 0.2) is 34.1 Å².